The van der Waals surface area contributed by atoms with Gasteiger partial charge < -0.3 is 10.2 Å². The van der Waals surface area contributed by atoms with Gasteiger partial charge >= 0.3 is 0 Å². The molecule has 20 heavy (non-hydrogen) atoms. The van der Waals surface area contributed by atoms with E-state index >= 15 is 0 Å². The second-order valence-corrected chi connectivity index (χ2v) is 7.42. The van der Waals surface area contributed by atoms with Crippen LogP contribution in [0.4, 0.5) is 0 Å². The average Bonchev–Trinajstić information content (AvgIpc) is 2.39. The van der Waals surface area contributed by atoms with Crippen molar-refractivity contribution in [2.24, 2.45) is 11.8 Å². The van der Waals surface area contributed by atoms with Crippen LogP contribution >= 0.6 is 0 Å². The Morgan fingerprint density at radius 3 is 2.25 bits per heavy atom. The monoisotopic (exact) mass is 282 g/mol. The largest absolute Gasteiger partial charge is 0.312 e. The summed E-state index contributed by atoms with van der Waals surface area (Å²) in [4.78, 5) is 2.53. The van der Waals surface area contributed by atoms with Crippen LogP contribution in [0, 0.1) is 11.8 Å². The molecule has 120 valence electrons. The minimum Gasteiger partial charge on any atom is -0.312 e. The van der Waals surface area contributed by atoms with Gasteiger partial charge in [0.1, 0.15) is 0 Å². The Hall–Kier alpha value is -0.0800. The molecule has 2 heteroatoms. The summed E-state index contributed by atoms with van der Waals surface area (Å²) in [5.41, 5.74) is 0.379. The Morgan fingerprint density at radius 2 is 1.80 bits per heavy atom. The summed E-state index contributed by atoms with van der Waals surface area (Å²) in [6.45, 7) is 10.5. The molecular formula is C18H38N2. The van der Waals surface area contributed by atoms with Gasteiger partial charge in [0.25, 0.3) is 0 Å². The zero-order valence-corrected chi connectivity index (χ0v) is 14.8. The molecule has 0 amide bonds. The highest BCUT2D eigenvalue weighted by molar-refractivity contribution is 5.01. The predicted molar refractivity (Wildman–Crippen MR) is 90.2 cm³/mol. The first-order valence-corrected chi connectivity index (χ1v) is 8.87. The molecule has 0 radical (unpaired) electrons. The molecule has 0 aromatic heterocycles. The number of likely N-dealkylation sites (N-methyl/N-ethyl adjacent to an activating group) is 2. The molecule has 0 aromatic carbocycles. The molecular weight excluding hydrogens is 244 g/mol. The summed E-state index contributed by atoms with van der Waals surface area (Å²) in [6.07, 6.45) is 9.50. The van der Waals surface area contributed by atoms with Crippen molar-refractivity contribution in [1.29, 1.82) is 0 Å². The molecule has 0 saturated heterocycles. The fourth-order valence-electron chi connectivity index (χ4n) is 4.12. The number of nitrogens with one attached hydrogen (secondary N) is 1. The summed E-state index contributed by atoms with van der Waals surface area (Å²) >= 11 is 0. The van der Waals surface area contributed by atoms with Crippen LogP contribution in [0.3, 0.4) is 0 Å². The Bertz CT molecular complexity index is 254. The lowest BCUT2D eigenvalue weighted by Crippen LogP contribution is -2.60. The van der Waals surface area contributed by atoms with Gasteiger partial charge in [0, 0.05) is 11.6 Å². The van der Waals surface area contributed by atoms with E-state index in [1.165, 1.54) is 44.9 Å². The van der Waals surface area contributed by atoms with Gasteiger partial charge in [0.05, 0.1) is 0 Å². The van der Waals surface area contributed by atoms with Crippen LogP contribution in [0.1, 0.15) is 72.6 Å². The minimum absolute atomic E-state index is 0.379. The van der Waals surface area contributed by atoms with Crippen LogP contribution in [-0.2, 0) is 0 Å². The molecule has 2 nitrogen and oxygen atoms in total. The quantitative estimate of drug-likeness (QED) is 0.714. The number of nitrogens with zero attached hydrogens (tertiary/aromatic N) is 1. The van der Waals surface area contributed by atoms with Crippen LogP contribution in [0.15, 0.2) is 0 Å². The highest BCUT2D eigenvalue weighted by atomic mass is 15.2. The van der Waals surface area contributed by atoms with E-state index in [1.807, 2.05) is 0 Å². The average molecular weight is 283 g/mol. The highest BCUT2D eigenvalue weighted by Gasteiger charge is 2.42. The minimum atomic E-state index is 0.379. The maximum Gasteiger partial charge on any atom is 0.0356 e. The first kappa shape index (κ1) is 18.0. The van der Waals surface area contributed by atoms with Gasteiger partial charge in [-0.15, -0.1) is 0 Å². The van der Waals surface area contributed by atoms with E-state index in [9.17, 15) is 0 Å². The molecule has 0 bridgehead atoms. The fourth-order valence-corrected chi connectivity index (χ4v) is 4.12. The van der Waals surface area contributed by atoms with Crippen molar-refractivity contribution in [2.45, 2.75) is 84.2 Å². The standard InChI is InChI=1S/C18H38N2/c1-7-9-16(4)14-17(19-8-2)18(20(5)6)12-10-15(3)11-13-18/h15-17,19H,7-14H2,1-6H3. The third-order valence-electron chi connectivity index (χ3n) is 5.55. The van der Waals surface area contributed by atoms with Crippen molar-refractivity contribution in [3.8, 4) is 0 Å². The van der Waals surface area contributed by atoms with Gasteiger partial charge in [-0.2, -0.15) is 0 Å². The lowest BCUT2D eigenvalue weighted by atomic mass is 9.70. The maximum atomic E-state index is 3.84. The van der Waals surface area contributed by atoms with Gasteiger partial charge in [-0.1, -0.05) is 40.5 Å². The van der Waals surface area contributed by atoms with Gasteiger partial charge in [-0.25, -0.2) is 0 Å². The van der Waals surface area contributed by atoms with Crippen LogP contribution in [-0.4, -0.2) is 37.1 Å². The SMILES string of the molecule is CCCC(C)CC(NCC)C1(N(C)C)CCC(C)CC1. The second kappa shape index (κ2) is 8.38. The molecule has 2 atom stereocenters. The Balaban J connectivity index is 2.82. The Kier molecular flexibility index (Phi) is 7.53. The van der Waals surface area contributed by atoms with E-state index in [4.69, 9.17) is 0 Å². The van der Waals surface area contributed by atoms with E-state index in [0.717, 1.165) is 18.4 Å². The predicted octanol–water partition coefficient (Wildman–Crippen LogP) is 4.30. The molecule has 1 aliphatic carbocycles. The molecule has 0 heterocycles. The van der Waals surface area contributed by atoms with E-state index in [1.54, 1.807) is 0 Å². The zero-order chi connectivity index (χ0) is 15.2. The van der Waals surface area contributed by atoms with Gasteiger partial charge in [0.15, 0.2) is 0 Å². The van der Waals surface area contributed by atoms with Gasteiger partial charge in [-0.3, -0.25) is 0 Å². The van der Waals surface area contributed by atoms with Crippen LogP contribution in [0.5, 0.6) is 0 Å². The summed E-state index contributed by atoms with van der Waals surface area (Å²) < 4.78 is 0. The van der Waals surface area contributed by atoms with Crippen LogP contribution in [0.25, 0.3) is 0 Å². The third kappa shape index (κ3) is 4.46. The van der Waals surface area contributed by atoms with Crippen molar-refractivity contribution < 1.29 is 0 Å². The molecule has 0 spiro atoms. The molecule has 1 N–H and O–H groups in total. The maximum absolute atomic E-state index is 3.84. The number of rotatable bonds is 8. The molecule has 1 rings (SSSR count). The van der Waals surface area contributed by atoms with Crippen molar-refractivity contribution in [3.05, 3.63) is 0 Å². The summed E-state index contributed by atoms with van der Waals surface area (Å²) in [5, 5.41) is 3.84. The number of hydrogen-bond acceptors (Lipinski definition) is 2. The Morgan fingerprint density at radius 1 is 1.20 bits per heavy atom. The molecule has 0 aromatic rings. The molecule has 0 aliphatic heterocycles. The number of hydrogen-bond donors (Lipinski definition) is 1. The molecule has 2 unspecified atom stereocenters. The molecule has 1 aliphatic rings. The van der Waals surface area contributed by atoms with Crippen molar-refractivity contribution >= 4 is 0 Å². The van der Waals surface area contributed by atoms with E-state index < -0.39 is 0 Å². The normalized spacial score (nSPS) is 30.4. The lowest BCUT2D eigenvalue weighted by molar-refractivity contribution is 0.0353. The topological polar surface area (TPSA) is 15.3 Å². The highest BCUT2D eigenvalue weighted by Crippen LogP contribution is 2.39. The first-order valence-electron chi connectivity index (χ1n) is 8.87. The van der Waals surface area contributed by atoms with E-state index in [0.29, 0.717) is 11.6 Å². The smallest absolute Gasteiger partial charge is 0.0356 e. The van der Waals surface area contributed by atoms with E-state index in [2.05, 4.69) is 52.0 Å². The van der Waals surface area contributed by atoms with Gasteiger partial charge in [-0.05, 0) is 64.6 Å². The summed E-state index contributed by atoms with van der Waals surface area (Å²) in [7, 11) is 4.59. The van der Waals surface area contributed by atoms with Crippen LogP contribution < -0.4 is 5.32 Å². The second-order valence-electron chi connectivity index (χ2n) is 7.42. The van der Waals surface area contributed by atoms with Crippen molar-refractivity contribution in [1.82, 2.24) is 10.2 Å². The van der Waals surface area contributed by atoms with Gasteiger partial charge in [0.2, 0.25) is 0 Å². The summed E-state index contributed by atoms with van der Waals surface area (Å²) in [6, 6.07) is 0.650. The van der Waals surface area contributed by atoms with Crippen molar-refractivity contribution in [3.63, 3.8) is 0 Å². The third-order valence-corrected chi connectivity index (χ3v) is 5.55. The summed E-state index contributed by atoms with van der Waals surface area (Å²) in [5.74, 6) is 1.75. The lowest BCUT2D eigenvalue weighted by Gasteiger charge is -2.50. The molecule has 1 saturated carbocycles. The Labute approximate surface area is 127 Å². The van der Waals surface area contributed by atoms with Crippen LogP contribution in [0.2, 0.25) is 0 Å². The van der Waals surface area contributed by atoms with E-state index in [-0.39, 0.29) is 0 Å². The zero-order valence-electron chi connectivity index (χ0n) is 14.8. The molecule has 1 fully saturated rings. The first-order chi connectivity index (χ1) is 9.46. The van der Waals surface area contributed by atoms with Crippen molar-refractivity contribution in [2.75, 3.05) is 20.6 Å². The fraction of sp³-hybridized carbons (Fsp3) is 1.00.